The molecule has 0 amide bonds. The van der Waals surface area contributed by atoms with Gasteiger partial charge in [0.05, 0.1) is 12.0 Å². The molecule has 0 spiro atoms. The first-order chi connectivity index (χ1) is 10.5. The van der Waals surface area contributed by atoms with Gasteiger partial charge in [-0.2, -0.15) is 4.31 Å². The van der Waals surface area contributed by atoms with Crippen molar-refractivity contribution in [3.63, 3.8) is 0 Å². The molecule has 122 valence electrons. The minimum atomic E-state index is -3.64. The molecule has 1 aliphatic heterocycles. The number of hydrogen-bond acceptors (Lipinski definition) is 3. The molecule has 2 atom stereocenters. The maximum atomic E-state index is 13.9. The Labute approximate surface area is 131 Å². The molecule has 0 bridgehead atoms. The van der Waals surface area contributed by atoms with Crippen molar-refractivity contribution in [2.45, 2.75) is 49.5 Å². The Balaban J connectivity index is 1.92. The summed E-state index contributed by atoms with van der Waals surface area (Å²) >= 11 is 0. The second-order valence-electron chi connectivity index (χ2n) is 6.17. The number of nitrogens with zero attached hydrogens (tertiary/aromatic N) is 1. The average molecular weight is 327 g/mol. The van der Waals surface area contributed by atoms with Crippen molar-refractivity contribution in [2.75, 3.05) is 13.7 Å². The van der Waals surface area contributed by atoms with Crippen LogP contribution in [-0.4, -0.2) is 32.4 Å². The predicted molar refractivity (Wildman–Crippen MR) is 81.8 cm³/mol. The molecule has 0 radical (unpaired) electrons. The summed E-state index contributed by atoms with van der Waals surface area (Å²) in [6, 6.07) is 3.96. The highest BCUT2D eigenvalue weighted by Gasteiger charge is 2.40. The molecule has 1 aliphatic carbocycles. The van der Waals surface area contributed by atoms with Crippen LogP contribution in [0.3, 0.4) is 0 Å². The maximum Gasteiger partial charge on any atom is 0.243 e. The summed E-state index contributed by atoms with van der Waals surface area (Å²) in [5.41, 5.74) is 0. The summed E-state index contributed by atoms with van der Waals surface area (Å²) < 4.78 is 46.2. The lowest BCUT2D eigenvalue weighted by Crippen LogP contribution is -2.49. The molecule has 0 unspecified atom stereocenters. The smallest absolute Gasteiger partial charge is 0.243 e. The van der Waals surface area contributed by atoms with E-state index in [0.29, 0.717) is 12.5 Å². The largest absolute Gasteiger partial charge is 0.494 e. The Kier molecular flexibility index (Phi) is 4.41. The van der Waals surface area contributed by atoms with Crippen LogP contribution < -0.4 is 4.74 Å². The Hall–Kier alpha value is -1.14. The number of rotatable bonds is 3. The molecule has 0 N–H and O–H groups in total. The van der Waals surface area contributed by atoms with Gasteiger partial charge in [-0.15, -0.1) is 0 Å². The van der Waals surface area contributed by atoms with Crippen LogP contribution in [-0.2, 0) is 10.0 Å². The van der Waals surface area contributed by atoms with E-state index in [-0.39, 0.29) is 16.7 Å². The fourth-order valence-electron chi connectivity index (χ4n) is 3.82. The molecule has 4 nitrogen and oxygen atoms in total. The highest BCUT2D eigenvalue weighted by molar-refractivity contribution is 7.89. The monoisotopic (exact) mass is 327 g/mol. The Morgan fingerprint density at radius 1 is 1.18 bits per heavy atom. The van der Waals surface area contributed by atoms with Crippen LogP contribution in [0.2, 0.25) is 0 Å². The lowest BCUT2D eigenvalue weighted by Gasteiger charge is -2.43. The van der Waals surface area contributed by atoms with Gasteiger partial charge in [-0.05, 0) is 49.8 Å². The van der Waals surface area contributed by atoms with Gasteiger partial charge in [-0.3, -0.25) is 0 Å². The zero-order valence-electron chi connectivity index (χ0n) is 12.8. The van der Waals surface area contributed by atoms with Crippen LogP contribution in [0.25, 0.3) is 0 Å². The third kappa shape index (κ3) is 2.74. The van der Waals surface area contributed by atoms with Crippen LogP contribution in [0.15, 0.2) is 23.1 Å². The fraction of sp³-hybridized carbons (Fsp3) is 0.625. The van der Waals surface area contributed by atoms with E-state index in [0.717, 1.165) is 38.2 Å². The van der Waals surface area contributed by atoms with Crippen molar-refractivity contribution in [3.8, 4) is 5.75 Å². The molecule has 1 aromatic carbocycles. The number of halogens is 1. The number of methoxy groups -OCH3 is 1. The first kappa shape index (κ1) is 15.7. The number of piperidine rings is 1. The van der Waals surface area contributed by atoms with Crippen LogP contribution >= 0.6 is 0 Å². The van der Waals surface area contributed by atoms with Gasteiger partial charge in [0, 0.05) is 12.6 Å². The summed E-state index contributed by atoms with van der Waals surface area (Å²) in [6.07, 6.45) is 6.28. The lowest BCUT2D eigenvalue weighted by atomic mass is 9.79. The number of ether oxygens (including phenoxy) is 1. The molecule has 3 rings (SSSR count). The van der Waals surface area contributed by atoms with Crippen LogP contribution in [0.4, 0.5) is 4.39 Å². The van der Waals surface area contributed by atoms with E-state index in [1.165, 1.54) is 25.7 Å². The first-order valence-electron chi connectivity index (χ1n) is 7.89. The first-order valence-corrected chi connectivity index (χ1v) is 9.33. The normalized spacial score (nSPS) is 26.5. The molecule has 2 fully saturated rings. The molecule has 1 saturated heterocycles. The fourth-order valence-corrected chi connectivity index (χ4v) is 5.59. The maximum absolute atomic E-state index is 13.9. The van der Waals surface area contributed by atoms with E-state index in [1.54, 1.807) is 4.31 Å². The van der Waals surface area contributed by atoms with E-state index in [2.05, 4.69) is 0 Å². The molecule has 1 heterocycles. The minimum absolute atomic E-state index is 0.0250. The molecule has 0 aromatic heterocycles. The number of benzene rings is 1. The highest BCUT2D eigenvalue weighted by atomic mass is 32.2. The summed E-state index contributed by atoms with van der Waals surface area (Å²) in [5.74, 6) is -0.116. The molecule has 1 aromatic rings. The summed E-state index contributed by atoms with van der Waals surface area (Å²) in [7, 11) is -2.28. The summed E-state index contributed by atoms with van der Waals surface area (Å²) in [6.45, 7) is 0.539. The molecule has 6 heteroatoms. The van der Waals surface area contributed by atoms with Crippen molar-refractivity contribution < 1.29 is 17.5 Å². The Morgan fingerprint density at radius 3 is 2.64 bits per heavy atom. The average Bonchev–Trinajstić information content (AvgIpc) is 2.54. The minimum Gasteiger partial charge on any atom is -0.494 e. The van der Waals surface area contributed by atoms with Gasteiger partial charge in [0.1, 0.15) is 0 Å². The molecular formula is C16H22FNO3S. The second-order valence-corrected chi connectivity index (χ2v) is 8.06. The molecular weight excluding hydrogens is 305 g/mol. The molecule has 22 heavy (non-hydrogen) atoms. The van der Waals surface area contributed by atoms with E-state index in [1.807, 2.05) is 0 Å². The van der Waals surface area contributed by atoms with Gasteiger partial charge in [0.25, 0.3) is 0 Å². The zero-order chi connectivity index (χ0) is 15.7. The zero-order valence-corrected chi connectivity index (χ0v) is 13.6. The van der Waals surface area contributed by atoms with Gasteiger partial charge in [0.15, 0.2) is 11.6 Å². The Morgan fingerprint density at radius 2 is 1.91 bits per heavy atom. The van der Waals surface area contributed by atoms with Gasteiger partial charge in [0.2, 0.25) is 10.0 Å². The van der Waals surface area contributed by atoms with Crippen molar-refractivity contribution in [2.24, 2.45) is 5.92 Å². The van der Waals surface area contributed by atoms with Crippen molar-refractivity contribution in [1.29, 1.82) is 0 Å². The van der Waals surface area contributed by atoms with E-state index in [9.17, 15) is 12.8 Å². The standard InChI is InChI=1S/C16H22FNO3S/c1-21-16-9-8-13(11-14(16)17)22(19,20)18-10-4-6-12-5-2-3-7-15(12)18/h8-9,11-12,15H,2-7,10H2,1H3/t12-,15-/m0/s1. The predicted octanol–water partition coefficient (Wildman–Crippen LogP) is 3.18. The van der Waals surface area contributed by atoms with Crippen LogP contribution in [0.1, 0.15) is 38.5 Å². The van der Waals surface area contributed by atoms with Crippen molar-refractivity contribution in [3.05, 3.63) is 24.0 Å². The van der Waals surface area contributed by atoms with E-state index < -0.39 is 15.8 Å². The third-order valence-electron chi connectivity index (χ3n) is 4.92. The van der Waals surface area contributed by atoms with Gasteiger partial charge >= 0.3 is 0 Å². The quantitative estimate of drug-likeness (QED) is 0.856. The van der Waals surface area contributed by atoms with E-state index >= 15 is 0 Å². The van der Waals surface area contributed by atoms with Gasteiger partial charge < -0.3 is 4.74 Å². The van der Waals surface area contributed by atoms with Gasteiger partial charge in [-0.1, -0.05) is 12.8 Å². The number of hydrogen-bond donors (Lipinski definition) is 0. The van der Waals surface area contributed by atoms with Crippen LogP contribution in [0, 0.1) is 11.7 Å². The second kappa shape index (κ2) is 6.16. The molecule has 1 saturated carbocycles. The van der Waals surface area contributed by atoms with Crippen LogP contribution in [0.5, 0.6) is 5.75 Å². The SMILES string of the molecule is COc1ccc(S(=O)(=O)N2CCC[C@@H]3CCCC[C@@H]32)cc1F. The number of fused-ring (bicyclic) bond motifs is 1. The summed E-state index contributed by atoms with van der Waals surface area (Å²) in [5, 5.41) is 0. The third-order valence-corrected chi connectivity index (χ3v) is 6.84. The van der Waals surface area contributed by atoms with Crippen molar-refractivity contribution in [1.82, 2.24) is 4.31 Å². The lowest BCUT2D eigenvalue weighted by molar-refractivity contribution is 0.129. The van der Waals surface area contributed by atoms with Gasteiger partial charge in [-0.25, -0.2) is 12.8 Å². The molecule has 2 aliphatic rings. The highest BCUT2D eigenvalue weighted by Crippen LogP contribution is 2.38. The number of sulfonamides is 1. The summed E-state index contributed by atoms with van der Waals surface area (Å²) in [4.78, 5) is 0.0250. The van der Waals surface area contributed by atoms with E-state index in [4.69, 9.17) is 4.74 Å². The van der Waals surface area contributed by atoms with Crippen molar-refractivity contribution >= 4 is 10.0 Å². The Bertz CT molecular complexity index is 645. The topological polar surface area (TPSA) is 46.6 Å².